The highest BCUT2D eigenvalue weighted by atomic mass is 79.9. The standard InChI is InChI=1S/C15H15BrCl2N4O.ClH/c16-10-5-20-15(21-6-10)22-7-13(14(23)8-22)19-4-9-1-2-11(17)3-12(9)18;/h1-3,5-6,13-14,19,23H,4,7-8H2;1H. The molecule has 2 heterocycles. The Morgan fingerprint density at radius 3 is 2.62 bits per heavy atom. The third-order valence-corrected chi connectivity index (χ3v) is 4.74. The average Bonchev–Trinajstić information content (AvgIpc) is 2.88. The number of nitrogens with zero attached hydrogens (tertiary/aromatic N) is 3. The van der Waals surface area contributed by atoms with Crippen molar-refractivity contribution in [2.45, 2.75) is 18.7 Å². The van der Waals surface area contributed by atoms with Crippen LogP contribution in [0.15, 0.2) is 35.1 Å². The molecule has 2 N–H and O–H groups in total. The summed E-state index contributed by atoms with van der Waals surface area (Å²) in [5, 5.41) is 14.8. The summed E-state index contributed by atoms with van der Waals surface area (Å²) < 4.78 is 0.827. The topological polar surface area (TPSA) is 61.3 Å². The first kappa shape index (κ1) is 19.7. The van der Waals surface area contributed by atoms with Crippen LogP contribution in [0.2, 0.25) is 10.0 Å². The fourth-order valence-corrected chi connectivity index (χ4v) is 3.21. The molecule has 0 spiro atoms. The van der Waals surface area contributed by atoms with Crippen LogP contribution in [0.4, 0.5) is 5.95 Å². The summed E-state index contributed by atoms with van der Waals surface area (Å²) in [7, 11) is 0. The molecule has 1 aliphatic heterocycles. The number of β-amino-alcohol motifs (C(OH)–C–C–N with tert-alkyl or cyclic N) is 1. The first-order chi connectivity index (χ1) is 11.0. The molecule has 0 amide bonds. The summed E-state index contributed by atoms with van der Waals surface area (Å²) in [6.07, 6.45) is 2.90. The second kappa shape index (κ2) is 8.65. The zero-order chi connectivity index (χ0) is 16.4. The molecule has 3 rings (SSSR count). The van der Waals surface area contributed by atoms with Crippen molar-refractivity contribution in [3.8, 4) is 0 Å². The van der Waals surface area contributed by atoms with Crippen LogP contribution in [0.1, 0.15) is 5.56 Å². The van der Waals surface area contributed by atoms with E-state index in [1.165, 1.54) is 0 Å². The van der Waals surface area contributed by atoms with Crippen molar-refractivity contribution in [2.75, 3.05) is 18.0 Å². The van der Waals surface area contributed by atoms with Crippen LogP contribution in [0, 0.1) is 0 Å². The lowest BCUT2D eigenvalue weighted by atomic mass is 10.2. The van der Waals surface area contributed by atoms with Crippen molar-refractivity contribution in [3.05, 3.63) is 50.7 Å². The molecule has 1 aliphatic rings. The predicted octanol–water partition coefficient (Wildman–Crippen LogP) is 3.31. The first-order valence-corrected chi connectivity index (χ1v) is 8.65. The number of hydrogen-bond donors (Lipinski definition) is 2. The van der Waals surface area contributed by atoms with Gasteiger partial charge in [-0.3, -0.25) is 0 Å². The summed E-state index contributed by atoms with van der Waals surface area (Å²) in [4.78, 5) is 10.5. The van der Waals surface area contributed by atoms with Gasteiger partial charge in [-0.25, -0.2) is 9.97 Å². The Kier molecular flexibility index (Phi) is 7.10. The maximum Gasteiger partial charge on any atom is 0.225 e. The minimum absolute atomic E-state index is 0. The van der Waals surface area contributed by atoms with Gasteiger partial charge in [0.1, 0.15) is 0 Å². The molecular weight excluding hydrogens is 438 g/mol. The van der Waals surface area contributed by atoms with Gasteiger partial charge in [0.15, 0.2) is 0 Å². The van der Waals surface area contributed by atoms with Gasteiger partial charge < -0.3 is 15.3 Å². The molecule has 0 bridgehead atoms. The van der Waals surface area contributed by atoms with Crippen molar-refractivity contribution in [3.63, 3.8) is 0 Å². The highest BCUT2D eigenvalue weighted by Gasteiger charge is 2.32. The Labute approximate surface area is 164 Å². The maximum atomic E-state index is 10.2. The Balaban J connectivity index is 0.00000208. The summed E-state index contributed by atoms with van der Waals surface area (Å²) in [6, 6.07) is 5.33. The Hall–Kier alpha value is -0.630. The molecule has 1 aromatic carbocycles. The first-order valence-electron chi connectivity index (χ1n) is 7.11. The highest BCUT2D eigenvalue weighted by Crippen LogP contribution is 2.22. The molecule has 0 saturated carbocycles. The number of aliphatic hydroxyl groups is 1. The molecular formula is C15H16BrCl3N4O. The van der Waals surface area contributed by atoms with Gasteiger partial charge in [0.25, 0.3) is 0 Å². The zero-order valence-corrected chi connectivity index (χ0v) is 16.4. The molecule has 2 unspecified atom stereocenters. The van der Waals surface area contributed by atoms with Crippen LogP contribution in [-0.4, -0.2) is 40.3 Å². The van der Waals surface area contributed by atoms with Crippen molar-refractivity contribution < 1.29 is 5.11 Å². The summed E-state index contributed by atoms with van der Waals surface area (Å²) in [5.41, 5.74) is 0.946. The molecule has 1 fully saturated rings. The molecule has 0 aliphatic carbocycles. The predicted molar refractivity (Wildman–Crippen MR) is 102 cm³/mol. The molecule has 1 aromatic heterocycles. The van der Waals surface area contributed by atoms with Crippen LogP contribution >= 0.6 is 51.5 Å². The number of benzene rings is 1. The van der Waals surface area contributed by atoms with Crippen LogP contribution in [0.25, 0.3) is 0 Å². The normalized spacial score (nSPS) is 20.1. The fraction of sp³-hybridized carbons (Fsp3) is 0.333. The molecule has 2 aromatic rings. The number of hydrogen-bond acceptors (Lipinski definition) is 5. The molecule has 5 nitrogen and oxygen atoms in total. The van der Waals surface area contributed by atoms with E-state index in [1.54, 1.807) is 24.5 Å². The van der Waals surface area contributed by atoms with Crippen LogP contribution in [0.3, 0.4) is 0 Å². The summed E-state index contributed by atoms with van der Waals surface area (Å²) in [6.45, 7) is 1.69. The van der Waals surface area contributed by atoms with E-state index < -0.39 is 6.10 Å². The van der Waals surface area contributed by atoms with Crippen molar-refractivity contribution in [1.82, 2.24) is 15.3 Å². The molecule has 1 saturated heterocycles. The fourth-order valence-electron chi connectivity index (χ4n) is 2.53. The van der Waals surface area contributed by atoms with Gasteiger partial charge in [0, 0.05) is 42.1 Å². The Bertz CT molecular complexity index is 689. The smallest absolute Gasteiger partial charge is 0.225 e. The Morgan fingerprint density at radius 2 is 1.96 bits per heavy atom. The molecule has 0 radical (unpaired) electrons. The molecule has 9 heteroatoms. The molecule has 2 atom stereocenters. The van der Waals surface area contributed by atoms with Gasteiger partial charge >= 0.3 is 0 Å². The lowest BCUT2D eigenvalue weighted by Crippen LogP contribution is -2.38. The lowest BCUT2D eigenvalue weighted by Gasteiger charge is -2.17. The van der Waals surface area contributed by atoms with E-state index in [0.717, 1.165) is 10.0 Å². The van der Waals surface area contributed by atoms with Crippen molar-refractivity contribution >= 4 is 57.5 Å². The molecule has 130 valence electrons. The minimum Gasteiger partial charge on any atom is -0.390 e. The van der Waals surface area contributed by atoms with E-state index in [0.29, 0.717) is 35.6 Å². The monoisotopic (exact) mass is 452 g/mol. The van der Waals surface area contributed by atoms with Crippen LogP contribution in [0.5, 0.6) is 0 Å². The highest BCUT2D eigenvalue weighted by molar-refractivity contribution is 9.10. The zero-order valence-electron chi connectivity index (χ0n) is 12.5. The maximum absolute atomic E-state index is 10.2. The van der Waals surface area contributed by atoms with Gasteiger partial charge in [0.2, 0.25) is 5.95 Å². The minimum atomic E-state index is -0.492. The van der Waals surface area contributed by atoms with Gasteiger partial charge in [-0.2, -0.15) is 0 Å². The van der Waals surface area contributed by atoms with Crippen LogP contribution in [-0.2, 0) is 6.54 Å². The van der Waals surface area contributed by atoms with E-state index in [1.807, 2.05) is 11.0 Å². The number of halogens is 4. The van der Waals surface area contributed by atoms with Gasteiger partial charge in [-0.05, 0) is 33.6 Å². The number of nitrogens with one attached hydrogen (secondary N) is 1. The average molecular weight is 455 g/mol. The molecule has 24 heavy (non-hydrogen) atoms. The van der Waals surface area contributed by atoms with E-state index in [9.17, 15) is 5.11 Å². The number of rotatable bonds is 4. The summed E-state index contributed by atoms with van der Waals surface area (Å²) in [5.74, 6) is 0.612. The number of anilines is 1. The number of aromatic nitrogens is 2. The number of aliphatic hydroxyl groups excluding tert-OH is 1. The van der Waals surface area contributed by atoms with E-state index in [-0.39, 0.29) is 18.4 Å². The van der Waals surface area contributed by atoms with Gasteiger partial charge in [-0.15, -0.1) is 12.4 Å². The third kappa shape index (κ3) is 4.71. The van der Waals surface area contributed by atoms with Gasteiger partial charge in [0.05, 0.1) is 16.6 Å². The van der Waals surface area contributed by atoms with E-state index in [2.05, 4.69) is 31.2 Å². The van der Waals surface area contributed by atoms with Gasteiger partial charge in [-0.1, -0.05) is 29.3 Å². The summed E-state index contributed by atoms with van der Waals surface area (Å²) >= 11 is 15.4. The third-order valence-electron chi connectivity index (χ3n) is 3.75. The van der Waals surface area contributed by atoms with Crippen molar-refractivity contribution in [1.29, 1.82) is 0 Å². The van der Waals surface area contributed by atoms with E-state index >= 15 is 0 Å². The SMILES string of the molecule is Cl.OC1CN(c2ncc(Br)cn2)CC1NCc1ccc(Cl)cc1Cl. The largest absolute Gasteiger partial charge is 0.390 e. The second-order valence-electron chi connectivity index (χ2n) is 5.40. The van der Waals surface area contributed by atoms with Crippen molar-refractivity contribution in [2.24, 2.45) is 0 Å². The van der Waals surface area contributed by atoms with E-state index in [4.69, 9.17) is 23.2 Å². The van der Waals surface area contributed by atoms with Crippen LogP contribution < -0.4 is 10.2 Å². The second-order valence-corrected chi connectivity index (χ2v) is 7.16. The Morgan fingerprint density at radius 1 is 1.25 bits per heavy atom. The lowest BCUT2D eigenvalue weighted by molar-refractivity contribution is 0.163. The quantitative estimate of drug-likeness (QED) is 0.742.